The van der Waals surface area contributed by atoms with Crippen molar-refractivity contribution >= 4 is 0 Å². The third-order valence-corrected chi connectivity index (χ3v) is 6.26. The van der Waals surface area contributed by atoms with Gasteiger partial charge in [0.2, 0.25) is 0 Å². The van der Waals surface area contributed by atoms with Crippen molar-refractivity contribution in [1.82, 2.24) is 0 Å². The van der Waals surface area contributed by atoms with Gasteiger partial charge in [-0.15, -0.1) is 0 Å². The molecule has 19 heavy (non-hydrogen) atoms. The summed E-state index contributed by atoms with van der Waals surface area (Å²) in [7, 11) is 0. The predicted molar refractivity (Wildman–Crippen MR) is 87.3 cm³/mol. The zero-order valence-electron chi connectivity index (χ0n) is 15.7. The summed E-state index contributed by atoms with van der Waals surface area (Å²) in [6.45, 7) is 29.5. The lowest BCUT2D eigenvalue weighted by atomic mass is 9.50. The van der Waals surface area contributed by atoms with Crippen LogP contribution in [0.2, 0.25) is 0 Å². The summed E-state index contributed by atoms with van der Waals surface area (Å²) in [5.74, 6) is 0. The van der Waals surface area contributed by atoms with E-state index in [0.717, 1.165) is 0 Å². The number of rotatable bonds is 0. The minimum atomic E-state index is 0.339. The van der Waals surface area contributed by atoms with Gasteiger partial charge >= 0.3 is 0 Å². The van der Waals surface area contributed by atoms with E-state index in [1.807, 2.05) is 0 Å². The van der Waals surface area contributed by atoms with Crippen LogP contribution in [0.15, 0.2) is 0 Å². The molecule has 1 aliphatic carbocycles. The fraction of sp³-hybridized carbons (Fsp3) is 1.00. The quantitative estimate of drug-likeness (QED) is 0.466. The molecule has 0 atom stereocenters. The normalized spacial score (nSPS) is 23.4. The Hall–Kier alpha value is 0. The summed E-state index contributed by atoms with van der Waals surface area (Å²) in [5, 5.41) is 0. The second kappa shape index (κ2) is 3.80. The second-order valence-electron chi connectivity index (χ2n) is 11.0. The van der Waals surface area contributed by atoms with Gasteiger partial charge in [-0.1, -0.05) is 83.1 Å². The monoisotopic (exact) mass is 266 g/mol. The molecule has 0 bridgehead atoms. The molecule has 0 N–H and O–H groups in total. The van der Waals surface area contributed by atoms with E-state index in [2.05, 4.69) is 83.1 Å². The van der Waals surface area contributed by atoms with E-state index in [1.54, 1.807) is 0 Å². The molecule has 0 amide bonds. The van der Waals surface area contributed by atoms with Crippen molar-refractivity contribution in [2.24, 2.45) is 32.5 Å². The van der Waals surface area contributed by atoms with E-state index in [9.17, 15) is 0 Å². The summed E-state index contributed by atoms with van der Waals surface area (Å²) in [6, 6.07) is 0. The summed E-state index contributed by atoms with van der Waals surface area (Å²) < 4.78 is 0. The molecule has 0 heterocycles. The maximum absolute atomic E-state index is 2.46. The molecule has 0 aromatic carbocycles. The van der Waals surface area contributed by atoms with E-state index in [-0.39, 0.29) is 0 Å². The molecule has 0 radical (unpaired) electrons. The van der Waals surface area contributed by atoms with Crippen molar-refractivity contribution in [1.29, 1.82) is 0 Å². The zero-order chi connectivity index (χ0) is 15.7. The molecule has 0 aromatic heterocycles. The highest BCUT2D eigenvalue weighted by molar-refractivity contribution is 5.29. The molecular weight excluding hydrogens is 228 g/mol. The molecule has 0 heteroatoms. The van der Waals surface area contributed by atoms with Gasteiger partial charge in [-0.25, -0.2) is 0 Å². The van der Waals surface area contributed by atoms with Crippen LogP contribution in [0.1, 0.15) is 89.5 Å². The topological polar surface area (TPSA) is 0 Å². The fourth-order valence-corrected chi connectivity index (χ4v) is 6.22. The standard InChI is InChI=1S/C19H38/c1-14(2,3)18(15(4,5)6)13-19(18,16(7,8)9)17(10,11)12/h13H2,1-12H3. The van der Waals surface area contributed by atoms with Crippen molar-refractivity contribution in [3.63, 3.8) is 0 Å². The average Bonchev–Trinajstić information content (AvgIpc) is 2.67. The third-order valence-electron chi connectivity index (χ3n) is 6.26. The van der Waals surface area contributed by atoms with Crippen LogP contribution >= 0.6 is 0 Å². The first-order chi connectivity index (χ1) is 7.96. The molecule has 0 saturated heterocycles. The predicted octanol–water partition coefficient (Wildman–Crippen LogP) is 6.55. The van der Waals surface area contributed by atoms with Gasteiger partial charge in [0, 0.05) is 0 Å². The van der Waals surface area contributed by atoms with Crippen LogP contribution in [0, 0.1) is 32.5 Å². The molecule has 1 aliphatic rings. The Bertz CT molecular complexity index is 279. The molecule has 114 valence electrons. The van der Waals surface area contributed by atoms with E-state index < -0.39 is 0 Å². The van der Waals surface area contributed by atoms with Crippen LogP contribution in [-0.2, 0) is 0 Å². The maximum Gasteiger partial charge on any atom is -0.0128 e. The largest absolute Gasteiger partial charge is 0.0596 e. The van der Waals surface area contributed by atoms with Gasteiger partial charge < -0.3 is 0 Å². The summed E-state index contributed by atoms with van der Waals surface area (Å²) in [4.78, 5) is 0. The SMILES string of the molecule is CC(C)(C)C1(C(C)(C)C)CC1(C(C)(C)C)C(C)(C)C. The van der Waals surface area contributed by atoms with Gasteiger partial charge in [-0.2, -0.15) is 0 Å². The molecule has 1 rings (SSSR count). The maximum atomic E-state index is 2.46. The van der Waals surface area contributed by atoms with Crippen LogP contribution in [-0.4, -0.2) is 0 Å². The van der Waals surface area contributed by atoms with Crippen molar-refractivity contribution in [3.8, 4) is 0 Å². The zero-order valence-corrected chi connectivity index (χ0v) is 15.7. The Labute approximate surface area is 122 Å². The first-order valence-corrected chi connectivity index (χ1v) is 7.96. The Kier molecular flexibility index (Phi) is 3.41. The summed E-state index contributed by atoms with van der Waals surface area (Å²) in [5.41, 5.74) is 2.17. The molecule has 1 saturated carbocycles. The van der Waals surface area contributed by atoms with Crippen molar-refractivity contribution in [2.75, 3.05) is 0 Å². The van der Waals surface area contributed by atoms with Gasteiger partial charge in [-0.05, 0) is 38.9 Å². The lowest BCUT2D eigenvalue weighted by Gasteiger charge is -2.54. The summed E-state index contributed by atoms with van der Waals surface area (Å²) >= 11 is 0. The Morgan fingerprint density at radius 3 is 0.632 bits per heavy atom. The van der Waals surface area contributed by atoms with E-state index >= 15 is 0 Å². The van der Waals surface area contributed by atoms with E-state index in [0.29, 0.717) is 32.5 Å². The van der Waals surface area contributed by atoms with Gasteiger partial charge in [0.1, 0.15) is 0 Å². The lowest BCUT2D eigenvalue weighted by Crippen LogP contribution is -2.48. The molecular formula is C19H38. The smallest absolute Gasteiger partial charge is 0.0128 e. The lowest BCUT2D eigenvalue weighted by molar-refractivity contribution is -0.0658. The van der Waals surface area contributed by atoms with Gasteiger partial charge in [0.05, 0.1) is 0 Å². The van der Waals surface area contributed by atoms with Crippen molar-refractivity contribution in [3.05, 3.63) is 0 Å². The average molecular weight is 267 g/mol. The number of hydrogen-bond acceptors (Lipinski definition) is 0. The Balaban J connectivity index is 3.59. The molecule has 0 unspecified atom stereocenters. The van der Waals surface area contributed by atoms with Crippen LogP contribution in [0.4, 0.5) is 0 Å². The first-order valence-electron chi connectivity index (χ1n) is 7.96. The van der Waals surface area contributed by atoms with Crippen LogP contribution in [0.25, 0.3) is 0 Å². The minimum absolute atomic E-state index is 0.339. The first kappa shape index (κ1) is 17.1. The van der Waals surface area contributed by atoms with Gasteiger partial charge in [-0.3, -0.25) is 0 Å². The van der Waals surface area contributed by atoms with Crippen LogP contribution in [0.3, 0.4) is 0 Å². The second-order valence-corrected chi connectivity index (χ2v) is 11.0. The van der Waals surface area contributed by atoms with E-state index in [4.69, 9.17) is 0 Å². The number of hydrogen-bond donors (Lipinski definition) is 0. The Morgan fingerprint density at radius 1 is 0.421 bits per heavy atom. The molecule has 0 nitrogen and oxygen atoms in total. The van der Waals surface area contributed by atoms with Crippen molar-refractivity contribution < 1.29 is 0 Å². The van der Waals surface area contributed by atoms with Crippen LogP contribution < -0.4 is 0 Å². The molecule has 0 spiro atoms. The Morgan fingerprint density at radius 2 is 0.579 bits per heavy atom. The molecule has 1 fully saturated rings. The van der Waals surface area contributed by atoms with Crippen molar-refractivity contribution in [2.45, 2.75) is 89.5 Å². The summed E-state index contributed by atoms with van der Waals surface area (Å²) in [6.07, 6.45) is 1.36. The molecule has 0 aliphatic heterocycles. The van der Waals surface area contributed by atoms with E-state index in [1.165, 1.54) is 6.42 Å². The highest BCUT2D eigenvalue weighted by Crippen LogP contribution is 2.88. The fourth-order valence-electron chi connectivity index (χ4n) is 6.22. The highest BCUT2D eigenvalue weighted by Gasteiger charge is 2.82. The van der Waals surface area contributed by atoms with Crippen LogP contribution in [0.5, 0.6) is 0 Å². The van der Waals surface area contributed by atoms with Gasteiger partial charge in [0.25, 0.3) is 0 Å². The minimum Gasteiger partial charge on any atom is -0.0596 e. The third kappa shape index (κ3) is 1.92. The van der Waals surface area contributed by atoms with Gasteiger partial charge in [0.15, 0.2) is 0 Å². The highest BCUT2D eigenvalue weighted by atomic mass is 14.9. The molecule has 0 aromatic rings.